The highest BCUT2D eigenvalue weighted by Gasteiger charge is 2.18. The second-order valence-corrected chi connectivity index (χ2v) is 3.74. The van der Waals surface area contributed by atoms with Crippen molar-refractivity contribution in [3.05, 3.63) is 53.3 Å². The molecular weight excluding hydrogens is 258 g/mol. The molecular formula is C15H13NO4. The van der Waals surface area contributed by atoms with Crippen LogP contribution in [0.25, 0.3) is 5.57 Å². The average Bonchev–Trinajstić information content (AvgIpc) is 2.62. The highest BCUT2D eigenvalue weighted by atomic mass is 16.4. The zero-order valence-electron chi connectivity index (χ0n) is 17.1. The van der Waals surface area contributed by atoms with E-state index in [0.717, 1.165) is 0 Å². The smallest absolute Gasteiger partial charge is 0.303 e. The molecule has 5 nitrogen and oxygen atoms in total. The van der Waals surface area contributed by atoms with E-state index in [9.17, 15) is 14.7 Å². The number of benzene rings is 1. The number of nitrogens with zero attached hydrogens (tertiary/aromatic N) is 1. The highest BCUT2D eigenvalue weighted by molar-refractivity contribution is 6.23. The van der Waals surface area contributed by atoms with Crippen LogP contribution in [-0.4, -0.2) is 28.2 Å². The molecule has 0 saturated carbocycles. The number of aliphatic imine (C=N–C) groups is 1. The number of carboxylic acids is 1. The van der Waals surface area contributed by atoms with Gasteiger partial charge in [0.25, 0.3) is 0 Å². The fraction of sp³-hybridized carbons (Fsp3) is 0.133. The van der Waals surface area contributed by atoms with Gasteiger partial charge in [0.1, 0.15) is 11.5 Å². The quantitative estimate of drug-likeness (QED) is 0.653. The number of carboxylic acid groups (broad SMARTS) is 1. The lowest BCUT2D eigenvalue weighted by atomic mass is 10.0. The van der Waals surface area contributed by atoms with E-state index >= 15 is 0 Å². The van der Waals surface area contributed by atoms with Gasteiger partial charge in [-0.25, -0.2) is 4.99 Å². The van der Waals surface area contributed by atoms with Crippen LogP contribution >= 0.6 is 0 Å². The molecule has 102 valence electrons. The molecule has 0 aromatic heterocycles. The number of hydrogen-bond donors (Lipinski definition) is 2. The second kappa shape index (κ2) is 5.97. The SMILES string of the molecule is [2H]C1=NC(=C(O)CCC(=O)O)C(=O)C([2H])=C1c1c([2H])c([2H])c([2H])c([2H])c1[2H]. The zero-order valence-corrected chi connectivity index (χ0v) is 10.1. The molecule has 1 aromatic rings. The second-order valence-electron chi connectivity index (χ2n) is 3.74. The Hall–Kier alpha value is -2.69. The first-order valence-corrected chi connectivity index (χ1v) is 5.51. The van der Waals surface area contributed by atoms with E-state index in [1.165, 1.54) is 0 Å². The monoisotopic (exact) mass is 278 g/mol. The molecule has 2 rings (SSSR count). The van der Waals surface area contributed by atoms with Crippen LogP contribution in [0.15, 0.2) is 52.7 Å². The van der Waals surface area contributed by atoms with E-state index in [1.54, 1.807) is 0 Å². The van der Waals surface area contributed by atoms with Crippen LogP contribution in [0.4, 0.5) is 0 Å². The third kappa shape index (κ3) is 3.20. The minimum atomic E-state index is -1.23. The van der Waals surface area contributed by atoms with Gasteiger partial charge in [0.2, 0.25) is 5.78 Å². The van der Waals surface area contributed by atoms with Crippen LogP contribution < -0.4 is 0 Å². The van der Waals surface area contributed by atoms with E-state index in [2.05, 4.69) is 4.99 Å². The normalized spacial score (nSPS) is 22.7. The number of carbonyl (C=O) groups excluding carboxylic acids is 1. The molecule has 1 heterocycles. The van der Waals surface area contributed by atoms with Crippen LogP contribution in [0.1, 0.15) is 28.0 Å². The molecule has 2 N–H and O–H groups in total. The maximum absolute atomic E-state index is 12.3. The van der Waals surface area contributed by atoms with Crippen molar-refractivity contribution in [2.45, 2.75) is 12.8 Å². The lowest BCUT2D eigenvalue weighted by Gasteiger charge is -2.09. The Morgan fingerprint density at radius 3 is 2.55 bits per heavy atom. The summed E-state index contributed by atoms with van der Waals surface area (Å²) in [6, 6.07) is -4.34. The summed E-state index contributed by atoms with van der Waals surface area (Å²) in [5.74, 6) is -3.09. The van der Waals surface area contributed by atoms with Crippen molar-refractivity contribution >= 4 is 23.5 Å². The standard InChI is InChI=1S/C15H13NO4/c17-12(6-7-14(19)20)15-13(18)8-11(9-16-15)10-4-2-1-3-5-10/h1-5,8-9,17H,6-7H2,(H,19,20)/i1D,2D,3D,4D,5D,8D,9D. The van der Waals surface area contributed by atoms with Gasteiger partial charge in [-0.3, -0.25) is 9.59 Å². The van der Waals surface area contributed by atoms with Gasteiger partial charge in [0.15, 0.2) is 0 Å². The van der Waals surface area contributed by atoms with Crippen LogP contribution in [0.5, 0.6) is 0 Å². The maximum Gasteiger partial charge on any atom is 0.303 e. The number of dihydropyridines is 1. The van der Waals surface area contributed by atoms with Crippen molar-refractivity contribution in [2.75, 3.05) is 0 Å². The first-order chi connectivity index (χ1) is 12.5. The summed E-state index contributed by atoms with van der Waals surface area (Å²) in [5.41, 5.74) is -1.76. The molecule has 0 bridgehead atoms. The van der Waals surface area contributed by atoms with Gasteiger partial charge < -0.3 is 10.2 Å². The minimum Gasteiger partial charge on any atom is -0.510 e. The van der Waals surface area contributed by atoms with Gasteiger partial charge in [-0.2, -0.15) is 0 Å². The number of aliphatic carboxylic acids is 1. The molecule has 0 fully saturated rings. The summed E-state index contributed by atoms with van der Waals surface area (Å²) in [5, 5.41) is 18.5. The number of hydrogen-bond acceptors (Lipinski definition) is 4. The van der Waals surface area contributed by atoms with Gasteiger partial charge in [-0.15, -0.1) is 0 Å². The highest BCUT2D eigenvalue weighted by Crippen LogP contribution is 2.21. The Bertz CT molecular complexity index is 936. The maximum atomic E-state index is 12.3. The number of carbonyl (C=O) groups is 2. The van der Waals surface area contributed by atoms with Gasteiger partial charge in [-0.1, -0.05) is 30.2 Å². The van der Waals surface area contributed by atoms with Crippen LogP contribution in [-0.2, 0) is 9.59 Å². The molecule has 0 aliphatic carbocycles. The van der Waals surface area contributed by atoms with Crippen molar-refractivity contribution in [1.82, 2.24) is 0 Å². The topological polar surface area (TPSA) is 87.0 Å². The third-order valence-corrected chi connectivity index (χ3v) is 2.33. The third-order valence-electron chi connectivity index (χ3n) is 2.33. The van der Waals surface area contributed by atoms with E-state index in [0.29, 0.717) is 0 Å². The predicted molar refractivity (Wildman–Crippen MR) is 74.4 cm³/mol. The first kappa shape index (κ1) is 7.19. The number of aliphatic hydroxyl groups is 1. The van der Waals surface area contributed by atoms with Crippen LogP contribution in [0.2, 0.25) is 0 Å². The van der Waals surface area contributed by atoms with Crippen LogP contribution in [0.3, 0.4) is 0 Å². The number of allylic oxidation sites excluding steroid dienone is 3. The molecule has 1 aliphatic heterocycles. The van der Waals surface area contributed by atoms with E-state index in [1.807, 2.05) is 0 Å². The number of rotatable bonds is 4. The Morgan fingerprint density at radius 2 is 1.90 bits per heavy atom. The lowest BCUT2D eigenvalue weighted by molar-refractivity contribution is -0.137. The van der Waals surface area contributed by atoms with Crippen molar-refractivity contribution < 1.29 is 29.4 Å². The Labute approximate surface area is 125 Å². The van der Waals surface area contributed by atoms with Gasteiger partial charge in [-0.05, 0) is 11.6 Å². The summed E-state index contributed by atoms with van der Waals surface area (Å²) < 4.78 is 54.6. The lowest BCUT2D eigenvalue weighted by Crippen LogP contribution is -2.08. The molecule has 20 heavy (non-hydrogen) atoms. The van der Waals surface area contributed by atoms with Crippen molar-refractivity contribution in [2.24, 2.45) is 4.99 Å². The zero-order chi connectivity index (χ0) is 20.6. The Morgan fingerprint density at radius 1 is 1.20 bits per heavy atom. The van der Waals surface area contributed by atoms with Gasteiger partial charge in [0.05, 0.1) is 16.0 Å². The summed E-state index contributed by atoms with van der Waals surface area (Å²) >= 11 is 0. The average molecular weight is 278 g/mol. The van der Waals surface area contributed by atoms with E-state index in [-0.39, 0.29) is 0 Å². The van der Waals surface area contributed by atoms with E-state index < -0.39 is 89.6 Å². The molecule has 1 aromatic carbocycles. The summed E-state index contributed by atoms with van der Waals surface area (Å²) in [6.45, 7) is 0. The minimum absolute atomic E-state index is 0.440. The summed E-state index contributed by atoms with van der Waals surface area (Å²) in [7, 11) is 0. The molecule has 0 radical (unpaired) electrons. The van der Waals surface area contributed by atoms with Crippen molar-refractivity contribution in [3.8, 4) is 0 Å². The molecule has 0 amide bonds. The van der Waals surface area contributed by atoms with Crippen LogP contribution in [0, 0.1) is 0 Å². The first-order valence-electron chi connectivity index (χ1n) is 9.01. The molecule has 0 saturated heterocycles. The van der Waals surface area contributed by atoms with Crippen molar-refractivity contribution in [3.63, 3.8) is 0 Å². The molecule has 0 atom stereocenters. The largest absolute Gasteiger partial charge is 0.510 e. The van der Waals surface area contributed by atoms with Gasteiger partial charge in [0, 0.05) is 18.2 Å². The fourth-order valence-electron chi connectivity index (χ4n) is 1.40. The Balaban J connectivity index is 2.67. The van der Waals surface area contributed by atoms with Gasteiger partial charge >= 0.3 is 5.97 Å². The Kier molecular flexibility index (Phi) is 2.14. The molecule has 5 heteroatoms. The summed E-state index contributed by atoms with van der Waals surface area (Å²) in [6.07, 6.45) is -1.70. The number of ketones is 1. The molecule has 0 unspecified atom stereocenters. The fourth-order valence-corrected chi connectivity index (χ4v) is 1.40. The number of aliphatic hydroxyl groups excluding tert-OH is 1. The molecule has 1 aliphatic rings. The van der Waals surface area contributed by atoms with Crippen molar-refractivity contribution in [1.29, 1.82) is 0 Å². The summed E-state index contributed by atoms with van der Waals surface area (Å²) in [4.78, 5) is 26.5. The predicted octanol–water partition coefficient (Wildman–Crippen LogP) is 2.36. The van der Waals surface area contributed by atoms with E-state index in [4.69, 9.17) is 14.7 Å². The molecule has 0 spiro atoms.